The first-order valence-corrected chi connectivity index (χ1v) is 7.13. The molecule has 1 heterocycles. The molecule has 1 fully saturated rings. The molecule has 1 N–H and O–H groups in total. The fourth-order valence-corrected chi connectivity index (χ4v) is 3.13. The molecule has 2 rings (SSSR count). The van der Waals surface area contributed by atoms with Crippen molar-refractivity contribution in [1.29, 1.82) is 0 Å². The van der Waals surface area contributed by atoms with Gasteiger partial charge in [-0.2, -0.15) is 0 Å². The van der Waals surface area contributed by atoms with E-state index in [1.54, 1.807) is 11.8 Å². The average Bonchev–Trinajstić information content (AvgIpc) is 2.41. The van der Waals surface area contributed by atoms with Crippen molar-refractivity contribution in [3.05, 3.63) is 27.1 Å². The summed E-state index contributed by atoms with van der Waals surface area (Å²) in [6.45, 7) is 2.10. The molecule has 0 spiro atoms. The lowest BCUT2D eigenvalue weighted by Crippen LogP contribution is -2.42. The third kappa shape index (κ3) is 2.75. The summed E-state index contributed by atoms with van der Waals surface area (Å²) in [6, 6.07) is 5.12. The second kappa shape index (κ2) is 5.40. The first kappa shape index (κ1) is 13.5. The van der Waals surface area contributed by atoms with Gasteiger partial charge in [0.2, 0.25) is 11.8 Å². The highest BCUT2D eigenvalue weighted by Gasteiger charge is 2.28. The van der Waals surface area contributed by atoms with Crippen molar-refractivity contribution in [3.8, 4) is 0 Å². The van der Waals surface area contributed by atoms with Gasteiger partial charge in [0.15, 0.2) is 0 Å². The van der Waals surface area contributed by atoms with Crippen LogP contribution in [0.2, 0.25) is 0 Å². The average molecular weight is 376 g/mol. The molecule has 6 heteroatoms. The van der Waals surface area contributed by atoms with Crippen molar-refractivity contribution in [3.63, 3.8) is 0 Å². The van der Waals surface area contributed by atoms with Gasteiger partial charge in [-0.15, -0.1) is 0 Å². The van der Waals surface area contributed by atoms with E-state index in [4.69, 9.17) is 0 Å². The second-order valence-corrected chi connectivity index (χ2v) is 5.89. The molecule has 4 nitrogen and oxygen atoms in total. The molecule has 1 aliphatic rings. The smallest absolute Gasteiger partial charge is 0.249 e. The van der Waals surface area contributed by atoms with Crippen LogP contribution in [0.3, 0.4) is 0 Å². The standard InChI is InChI=1S/C12H12Br2N2O2/c1-7-12(18)16(5-4-11(17)15-7)10-3-2-8(13)6-9(10)14/h2-3,6-7H,4-5H2,1H3,(H,15,17). The monoisotopic (exact) mass is 374 g/mol. The van der Waals surface area contributed by atoms with E-state index >= 15 is 0 Å². The van der Waals surface area contributed by atoms with Gasteiger partial charge in [0, 0.05) is 21.9 Å². The third-order valence-electron chi connectivity index (χ3n) is 2.78. The van der Waals surface area contributed by atoms with E-state index < -0.39 is 6.04 Å². The minimum absolute atomic E-state index is 0.0911. The van der Waals surface area contributed by atoms with Crippen LogP contribution >= 0.6 is 31.9 Å². The molecule has 1 aliphatic heterocycles. The molecule has 1 aromatic carbocycles. The number of carbonyl (C=O) groups excluding carboxylic acids is 2. The molecule has 1 saturated heterocycles. The highest BCUT2D eigenvalue weighted by Crippen LogP contribution is 2.30. The highest BCUT2D eigenvalue weighted by molar-refractivity contribution is 9.11. The van der Waals surface area contributed by atoms with Gasteiger partial charge in [0.25, 0.3) is 0 Å². The molecule has 0 saturated carbocycles. The Labute approximate surface area is 122 Å². The summed E-state index contributed by atoms with van der Waals surface area (Å²) in [5.41, 5.74) is 0.784. The van der Waals surface area contributed by atoms with Gasteiger partial charge >= 0.3 is 0 Å². The Balaban J connectivity index is 2.36. The number of benzene rings is 1. The summed E-state index contributed by atoms with van der Waals surface area (Å²) >= 11 is 6.81. The van der Waals surface area contributed by atoms with E-state index in [2.05, 4.69) is 37.2 Å². The number of hydrogen-bond acceptors (Lipinski definition) is 2. The Morgan fingerprint density at radius 3 is 2.72 bits per heavy atom. The lowest BCUT2D eigenvalue weighted by atomic mass is 10.2. The number of carbonyl (C=O) groups is 2. The largest absolute Gasteiger partial charge is 0.345 e. The third-order valence-corrected chi connectivity index (χ3v) is 3.91. The quantitative estimate of drug-likeness (QED) is 0.819. The summed E-state index contributed by atoms with van der Waals surface area (Å²) in [6.07, 6.45) is 0.318. The van der Waals surface area contributed by atoms with E-state index in [1.165, 1.54) is 0 Å². The zero-order valence-corrected chi connectivity index (χ0v) is 12.9. The van der Waals surface area contributed by atoms with Crippen molar-refractivity contribution < 1.29 is 9.59 Å². The number of amides is 2. The van der Waals surface area contributed by atoms with Gasteiger partial charge in [-0.1, -0.05) is 15.9 Å². The van der Waals surface area contributed by atoms with Gasteiger partial charge < -0.3 is 10.2 Å². The Morgan fingerprint density at radius 2 is 2.06 bits per heavy atom. The van der Waals surface area contributed by atoms with Crippen molar-refractivity contribution in [1.82, 2.24) is 5.32 Å². The summed E-state index contributed by atoms with van der Waals surface area (Å²) in [7, 11) is 0. The number of anilines is 1. The van der Waals surface area contributed by atoms with Crippen LogP contribution in [0.15, 0.2) is 27.1 Å². The summed E-state index contributed by atoms with van der Waals surface area (Å²) in [5.74, 6) is -0.185. The number of halogens is 2. The minimum atomic E-state index is -0.490. The van der Waals surface area contributed by atoms with Crippen LogP contribution in [0.1, 0.15) is 13.3 Å². The topological polar surface area (TPSA) is 49.4 Å². The van der Waals surface area contributed by atoms with Gasteiger partial charge in [0.1, 0.15) is 6.04 Å². The lowest BCUT2D eigenvalue weighted by molar-refractivity contribution is -0.125. The minimum Gasteiger partial charge on any atom is -0.345 e. The molecule has 2 amide bonds. The normalized spacial score (nSPS) is 20.6. The second-order valence-electron chi connectivity index (χ2n) is 4.12. The SMILES string of the molecule is CC1NC(=O)CCN(c2ccc(Br)cc2Br)C1=O. The van der Waals surface area contributed by atoms with Crippen molar-refractivity contribution in [2.75, 3.05) is 11.4 Å². The van der Waals surface area contributed by atoms with Crippen molar-refractivity contribution in [2.24, 2.45) is 0 Å². The Morgan fingerprint density at radius 1 is 1.33 bits per heavy atom. The number of rotatable bonds is 1. The fraction of sp³-hybridized carbons (Fsp3) is 0.333. The Kier molecular flexibility index (Phi) is 4.07. The van der Waals surface area contributed by atoms with Gasteiger partial charge in [0.05, 0.1) is 5.69 Å². The molecular formula is C12H12Br2N2O2. The Bertz CT molecular complexity index is 505. The molecular weight excluding hydrogens is 364 g/mol. The van der Waals surface area contributed by atoms with E-state index in [0.29, 0.717) is 13.0 Å². The zero-order valence-electron chi connectivity index (χ0n) is 9.74. The van der Waals surface area contributed by atoms with E-state index in [1.807, 2.05) is 18.2 Å². The molecule has 0 aliphatic carbocycles. The maximum absolute atomic E-state index is 12.2. The maximum Gasteiger partial charge on any atom is 0.249 e. The Hall–Kier alpha value is -0.880. The first-order valence-electron chi connectivity index (χ1n) is 5.55. The van der Waals surface area contributed by atoms with Crippen LogP contribution in [0.25, 0.3) is 0 Å². The van der Waals surface area contributed by atoms with E-state index in [-0.39, 0.29) is 11.8 Å². The van der Waals surface area contributed by atoms with Gasteiger partial charge in [-0.3, -0.25) is 9.59 Å². The maximum atomic E-state index is 12.2. The molecule has 1 unspecified atom stereocenters. The first-order chi connectivity index (χ1) is 8.49. The van der Waals surface area contributed by atoms with Crippen LogP contribution in [0.5, 0.6) is 0 Å². The molecule has 0 aromatic heterocycles. The van der Waals surface area contributed by atoms with Crippen molar-refractivity contribution >= 4 is 49.4 Å². The van der Waals surface area contributed by atoms with Crippen LogP contribution in [0.4, 0.5) is 5.69 Å². The zero-order chi connectivity index (χ0) is 13.3. The molecule has 1 atom stereocenters. The van der Waals surface area contributed by atoms with Crippen LogP contribution < -0.4 is 10.2 Å². The van der Waals surface area contributed by atoms with Crippen molar-refractivity contribution in [2.45, 2.75) is 19.4 Å². The summed E-state index contributed by atoms with van der Waals surface area (Å²) in [5, 5.41) is 2.67. The van der Waals surface area contributed by atoms with Gasteiger partial charge in [-0.05, 0) is 41.1 Å². The molecule has 1 aromatic rings. The van der Waals surface area contributed by atoms with Crippen LogP contribution in [0, 0.1) is 0 Å². The van der Waals surface area contributed by atoms with E-state index in [9.17, 15) is 9.59 Å². The fourth-order valence-electron chi connectivity index (χ4n) is 1.87. The predicted octanol–water partition coefficient (Wildman–Crippen LogP) is 2.45. The number of nitrogens with zero attached hydrogens (tertiary/aromatic N) is 1. The molecule has 0 radical (unpaired) electrons. The molecule has 18 heavy (non-hydrogen) atoms. The molecule has 0 bridgehead atoms. The number of hydrogen-bond donors (Lipinski definition) is 1. The number of nitrogens with one attached hydrogen (secondary N) is 1. The lowest BCUT2D eigenvalue weighted by Gasteiger charge is -2.23. The summed E-state index contributed by atoms with van der Waals surface area (Å²) < 4.78 is 1.76. The highest BCUT2D eigenvalue weighted by atomic mass is 79.9. The predicted molar refractivity (Wildman–Crippen MR) is 76.4 cm³/mol. The summed E-state index contributed by atoms with van der Waals surface area (Å²) in [4.78, 5) is 25.3. The van der Waals surface area contributed by atoms with Gasteiger partial charge in [-0.25, -0.2) is 0 Å². The van der Waals surface area contributed by atoms with E-state index in [0.717, 1.165) is 14.6 Å². The molecule has 96 valence electrons. The van der Waals surface area contributed by atoms with Crippen LogP contribution in [-0.2, 0) is 9.59 Å². The van der Waals surface area contributed by atoms with Crippen LogP contribution in [-0.4, -0.2) is 24.4 Å².